The molecule has 1 heterocycles. The predicted molar refractivity (Wildman–Crippen MR) is 91.8 cm³/mol. The monoisotopic (exact) mass is 320 g/mol. The molecule has 0 aliphatic heterocycles. The third-order valence-corrected chi connectivity index (χ3v) is 3.58. The number of aromatic nitrogens is 1. The fourth-order valence-corrected chi connectivity index (χ4v) is 2.09. The average Bonchev–Trinajstić information content (AvgIpc) is 3.40. The van der Waals surface area contributed by atoms with Crippen molar-refractivity contribution in [1.29, 1.82) is 0 Å². The van der Waals surface area contributed by atoms with Crippen molar-refractivity contribution in [2.24, 2.45) is 10.9 Å². The van der Waals surface area contributed by atoms with Crippen LogP contribution >= 0.6 is 0 Å². The highest BCUT2D eigenvalue weighted by Crippen LogP contribution is 2.28. The van der Waals surface area contributed by atoms with Crippen molar-refractivity contribution in [3.05, 3.63) is 23.9 Å². The molecule has 128 valence electrons. The van der Waals surface area contributed by atoms with E-state index in [1.54, 1.807) is 13.3 Å². The van der Waals surface area contributed by atoms with Crippen LogP contribution in [0.25, 0.3) is 0 Å². The molecule has 2 rings (SSSR count). The Labute approximate surface area is 138 Å². The van der Waals surface area contributed by atoms with Gasteiger partial charge in [0.1, 0.15) is 0 Å². The number of nitrogens with zero attached hydrogens (tertiary/aromatic N) is 2. The average molecular weight is 320 g/mol. The Hall–Kier alpha value is -1.82. The molecule has 23 heavy (non-hydrogen) atoms. The van der Waals surface area contributed by atoms with Crippen LogP contribution in [0.2, 0.25) is 0 Å². The second-order valence-electron chi connectivity index (χ2n) is 5.70. The third-order valence-electron chi connectivity index (χ3n) is 3.58. The number of nitrogens with one attached hydrogen (secondary N) is 2. The first-order valence-electron chi connectivity index (χ1n) is 8.40. The zero-order valence-corrected chi connectivity index (χ0v) is 14.2. The van der Waals surface area contributed by atoms with Gasteiger partial charge in [-0.05, 0) is 43.7 Å². The maximum absolute atomic E-state index is 5.63. The molecule has 0 radical (unpaired) electrons. The molecule has 1 aliphatic carbocycles. The fourth-order valence-electron chi connectivity index (χ4n) is 2.09. The Balaban J connectivity index is 1.69. The van der Waals surface area contributed by atoms with Gasteiger partial charge in [-0.3, -0.25) is 0 Å². The van der Waals surface area contributed by atoms with E-state index in [-0.39, 0.29) is 0 Å². The van der Waals surface area contributed by atoms with E-state index < -0.39 is 0 Å². The molecule has 6 heteroatoms. The summed E-state index contributed by atoms with van der Waals surface area (Å²) in [5.74, 6) is 2.27. The molecule has 1 aliphatic rings. The second kappa shape index (κ2) is 10.0. The van der Waals surface area contributed by atoms with Crippen molar-refractivity contribution < 1.29 is 9.47 Å². The molecule has 2 N–H and O–H groups in total. The van der Waals surface area contributed by atoms with E-state index >= 15 is 0 Å². The van der Waals surface area contributed by atoms with E-state index in [0.29, 0.717) is 12.4 Å². The standard InChI is InChI=1S/C17H28N4O2/c1-3-18-17(20-8-4-10-23-13-14-5-6-14)21-12-15-7-9-19-16(11-15)22-2/h7,9,11,14H,3-6,8,10,12-13H2,1-2H3,(H2,18,20,21). The summed E-state index contributed by atoms with van der Waals surface area (Å²) in [6, 6.07) is 3.85. The van der Waals surface area contributed by atoms with Gasteiger partial charge in [0.15, 0.2) is 5.96 Å². The summed E-state index contributed by atoms with van der Waals surface area (Å²) in [6.07, 6.45) is 5.41. The molecule has 1 aromatic rings. The molecule has 1 aromatic heterocycles. The number of aliphatic imine (C=N–C) groups is 1. The van der Waals surface area contributed by atoms with Crippen LogP contribution in [0, 0.1) is 5.92 Å². The Morgan fingerprint density at radius 3 is 3.00 bits per heavy atom. The second-order valence-corrected chi connectivity index (χ2v) is 5.70. The minimum Gasteiger partial charge on any atom is -0.481 e. The van der Waals surface area contributed by atoms with Crippen LogP contribution in [0.3, 0.4) is 0 Å². The van der Waals surface area contributed by atoms with Crippen molar-refractivity contribution >= 4 is 5.96 Å². The topological polar surface area (TPSA) is 67.8 Å². The van der Waals surface area contributed by atoms with Crippen molar-refractivity contribution in [1.82, 2.24) is 15.6 Å². The largest absolute Gasteiger partial charge is 0.481 e. The van der Waals surface area contributed by atoms with Gasteiger partial charge in [-0.1, -0.05) is 0 Å². The number of guanidine groups is 1. The molecule has 6 nitrogen and oxygen atoms in total. The highest BCUT2D eigenvalue weighted by Gasteiger charge is 2.20. The van der Waals surface area contributed by atoms with Gasteiger partial charge in [-0.15, -0.1) is 0 Å². The number of methoxy groups -OCH3 is 1. The molecule has 0 bridgehead atoms. The van der Waals surface area contributed by atoms with E-state index in [1.807, 2.05) is 12.1 Å². The van der Waals surface area contributed by atoms with Crippen LogP contribution in [0.15, 0.2) is 23.3 Å². The Morgan fingerprint density at radius 1 is 1.39 bits per heavy atom. The van der Waals surface area contributed by atoms with E-state index in [0.717, 1.165) is 50.2 Å². The maximum Gasteiger partial charge on any atom is 0.213 e. The molecule has 0 amide bonds. The van der Waals surface area contributed by atoms with E-state index in [1.165, 1.54) is 12.8 Å². The van der Waals surface area contributed by atoms with E-state index in [2.05, 4.69) is 27.5 Å². The molecule has 1 fully saturated rings. The summed E-state index contributed by atoms with van der Waals surface area (Å²) < 4.78 is 10.8. The third kappa shape index (κ3) is 7.32. The lowest BCUT2D eigenvalue weighted by molar-refractivity contribution is 0.123. The minimum atomic E-state index is 0.590. The summed E-state index contributed by atoms with van der Waals surface area (Å²) in [4.78, 5) is 8.69. The van der Waals surface area contributed by atoms with Crippen molar-refractivity contribution in [2.75, 3.05) is 33.4 Å². The molecule has 0 aromatic carbocycles. The summed E-state index contributed by atoms with van der Waals surface area (Å²) in [5.41, 5.74) is 1.07. The first-order valence-corrected chi connectivity index (χ1v) is 8.40. The van der Waals surface area contributed by atoms with Crippen LogP contribution in [0.5, 0.6) is 5.88 Å². The predicted octanol–water partition coefficient (Wildman–Crippen LogP) is 1.96. The highest BCUT2D eigenvalue weighted by atomic mass is 16.5. The first kappa shape index (κ1) is 17.5. The SMILES string of the molecule is CCNC(=NCc1ccnc(OC)c1)NCCCOCC1CC1. The Morgan fingerprint density at radius 2 is 2.26 bits per heavy atom. The molecular formula is C17H28N4O2. The Bertz CT molecular complexity index is 489. The molecular weight excluding hydrogens is 292 g/mol. The van der Waals surface area contributed by atoms with Gasteiger partial charge >= 0.3 is 0 Å². The molecule has 1 saturated carbocycles. The smallest absolute Gasteiger partial charge is 0.213 e. The van der Waals surface area contributed by atoms with Gasteiger partial charge in [0.25, 0.3) is 0 Å². The van der Waals surface area contributed by atoms with Gasteiger partial charge in [-0.2, -0.15) is 0 Å². The van der Waals surface area contributed by atoms with Gasteiger partial charge in [-0.25, -0.2) is 9.98 Å². The number of hydrogen-bond acceptors (Lipinski definition) is 4. The number of hydrogen-bond donors (Lipinski definition) is 2. The summed E-state index contributed by atoms with van der Waals surface area (Å²) in [5, 5.41) is 6.59. The highest BCUT2D eigenvalue weighted by molar-refractivity contribution is 5.79. The quantitative estimate of drug-likeness (QED) is 0.392. The summed E-state index contributed by atoms with van der Waals surface area (Å²) in [6.45, 7) is 6.08. The van der Waals surface area contributed by atoms with Crippen molar-refractivity contribution in [2.45, 2.75) is 32.7 Å². The van der Waals surface area contributed by atoms with Crippen LogP contribution in [0.4, 0.5) is 0 Å². The zero-order valence-electron chi connectivity index (χ0n) is 14.2. The summed E-state index contributed by atoms with van der Waals surface area (Å²) >= 11 is 0. The van der Waals surface area contributed by atoms with Gasteiger partial charge < -0.3 is 20.1 Å². The van der Waals surface area contributed by atoms with Crippen LogP contribution in [-0.4, -0.2) is 44.4 Å². The molecule has 0 spiro atoms. The number of pyridine rings is 1. The van der Waals surface area contributed by atoms with Gasteiger partial charge in [0.2, 0.25) is 5.88 Å². The van der Waals surface area contributed by atoms with E-state index in [4.69, 9.17) is 9.47 Å². The lowest BCUT2D eigenvalue weighted by Gasteiger charge is -2.11. The van der Waals surface area contributed by atoms with Crippen molar-refractivity contribution in [3.8, 4) is 5.88 Å². The van der Waals surface area contributed by atoms with Crippen LogP contribution in [0.1, 0.15) is 31.7 Å². The summed E-state index contributed by atoms with van der Waals surface area (Å²) in [7, 11) is 1.62. The fraction of sp³-hybridized carbons (Fsp3) is 0.647. The molecule has 0 unspecified atom stereocenters. The molecule has 0 saturated heterocycles. The minimum absolute atomic E-state index is 0.590. The van der Waals surface area contributed by atoms with Gasteiger partial charge in [0.05, 0.1) is 13.7 Å². The van der Waals surface area contributed by atoms with Crippen LogP contribution in [-0.2, 0) is 11.3 Å². The van der Waals surface area contributed by atoms with Crippen LogP contribution < -0.4 is 15.4 Å². The number of rotatable bonds is 10. The zero-order chi connectivity index (χ0) is 16.3. The van der Waals surface area contributed by atoms with E-state index in [9.17, 15) is 0 Å². The molecule has 0 atom stereocenters. The lowest BCUT2D eigenvalue weighted by Crippen LogP contribution is -2.38. The maximum atomic E-state index is 5.63. The normalized spacial score (nSPS) is 14.6. The first-order chi connectivity index (χ1) is 11.3. The van der Waals surface area contributed by atoms with Crippen molar-refractivity contribution in [3.63, 3.8) is 0 Å². The Kier molecular flexibility index (Phi) is 7.66. The van der Waals surface area contributed by atoms with Gasteiger partial charge in [0, 0.05) is 38.6 Å². The lowest BCUT2D eigenvalue weighted by atomic mass is 10.3. The number of ether oxygens (including phenoxy) is 2.